The standard InChI is InChI=1S/C28H23FN4O5/c29-19-6-1-16(2-7-19)14-30-28(36)33-23(17-3-4-17)13-22(32-33)21-12-20(8-9-24(21)34)31-27(35)18-5-10-25-26(11-18)38-15-37-25/h1-2,5-13,17,34H,3-4,14-15H2,(H,30,36)(H,31,35). The van der Waals surface area contributed by atoms with Crippen molar-refractivity contribution in [3.8, 4) is 28.5 Å². The van der Waals surface area contributed by atoms with Gasteiger partial charge in [0.2, 0.25) is 6.79 Å². The number of hydrogen-bond acceptors (Lipinski definition) is 6. The summed E-state index contributed by atoms with van der Waals surface area (Å²) in [6, 6.07) is 16.8. The van der Waals surface area contributed by atoms with Crippen molar-refractivity contribution in [2.75, 3.05) is 12.1 Å². The number of rotatable bonds is 6. The van der Waals surface area contributed by atoms with Crippen molar-refractivity contribution in [3.05, 3.63) is 89.4 Å². The van der Waals surface area contributed by atoms with Crippen LogP contribution in [0.5, 0.6) is 17.2 Å². The number of fused-ring (bicyclic) bond motifs is 1. The van der Waals surface area contributed by atoms with E-state index in [1.54, 1.807) is 48.5 Å². The van der Waals surface area contributed by atoms with Crippen LogP contribution in [0.4, 0.5) is 14.9 Å². The Morgan fingerprint density at radius 2 is 1.79 bits per heavy atom. The van der Waals surface area contributed by atoms with Crippen LogP contribution in [0.15, 0.2) is 66.7 Å². The van der Waals surface area contributed by atoms with E-state index >= 15 is 0 Å². The van der Waals surface area contributed by atoms with Crippen LogP contribution in [-0.4, -0.2) is 33.6 Å². The number of amides is 2. The van der Waals surface area contributed by atoms with E-state index < -0.39 is 6.03 Å². The summed E-state index contributed by atoms with van der Waals surface area (Å²) < 4.78 is 25.1. The number of ether oxygens (including phenoxy) is 2. The molecule has 0 unspecified atom stereocenters. The number of halogens is 1. The predicted octanol–water partition coefficient (Wildman–Crippen LogP) is 5.01. The molecule has 9 nitrogen and oxygen atoms in total. The Morgan fingerprint density at radius 1 is 1.00 bits per heavy atom. The van der Waals surface area contributed by atoms with Gasteiger partial charge in [-0.25, -0.2) is 9.18 Å². The molecule has 4 aromatic rings. The number of phenolic OH excluding ortho intramolecular Hbond substituents is 1. The summed E-state index contributed by atoms with van der Waals surface area (Å²) >= 11 is 0. The molecular formula is C28H23FN4O5. The summed E-state index contributed by atoms with van der Waals surface area (Å²) in [5.41, 5.74) is 3.11. The Morgan fingerprint density at radius 3 is 2.58 bits per heavy atom. The molecule has 192 valence electrons. The van der Waals surface area contributed by atoms with E-state index in [0.717, 1.165) is 24.1 Å². The van der Waals surface area contributed by atoms with E-state index in [0.29, 0.717) is 34.0 Å². The normalized spacial score (nSPS) is 13.8. The molecule has 1 saturated carbocycles. The van der Waals surface area contributed by atoms with Crippen molar-refractivity contribution in [2.24, 2.45) is 0 Å². The van der Waals surface area contributed by atoms with Gasteiger partial charge in [0.25, 0.3) is 5.91 Å². The number of nitrogens with one attached hydrogen (secondary N) is 2. The molecule has 1 aromatic heterocycles. The maximum absolute atomic E-state index is 13.2. The van der Waals surface area contributed by atoms with Crippen LogP contribution >= 0.6 is 0 Å². The molecule has 2 heterocycles. The Kier molecular flexibility index (Phi) is 5.91. The highest BCUT2D eigenvalue weighted by molar-refractivity contribution is 6.05. The van der Waals surface area contributed by atoms with Gasteiger partial charge in [0.15, 0.2) is 11.5 Å². The van der Waals surface area contributed by atoms with Gasteiger partial charge in [0.1, 0.15) is 11.6 Å². The summed E-state index contributed by atoms with van der Waals surface area (Å²) in [5, 5.41) is 20.7. The summed E-state index contributed by atoms with van der Waals surface area (Å²) in [6.45, 7) is 0.326. The van der Waals surface area contributed by atoms with Crippen LogP contribution < -0.4 is 20.1 Å². The highest BCUT2D eigenvalue weighted by Gasteiger charge is 2.31. The summed E-state index contributed by atoms with van der Waals surface area (Å²) in [4.78, 5) is 25.8. The fourth-order valence-corrected chi connectivity index (χ4v) is 4.27. The molecule has 2 aliphatic rings. The van der Waals surface area contributed by atoms with Gasteiger partial charge in [-0.05, 0) is 73.0 Å². The fourth-order valence-electron chi connectivity index (χ4n) is 4.27. The third-order valence-electron chi connectivity index (χ3n) is 6.45. The van der Waals surface area contributed by atoms with Crippen molar-refractivity contribution in [1.82, 2.24) is 15.1 Å². The molecule has 2 amide bonds. The lowest BCUT2D eigenvalue weighted by atomic mass is 10.1. The second-order valence-electron chi connectivity index (χ2n) is 9.18. The average molecular weight is 515 g/mol. The largest absolute Gasteiger partial charge is 0.507 e. The molecule has 3 aromatic carbocycles. The van der Waals surface area contributed by atoms with Gasteiger partial charge in [0.05, 0.1) is 11.4 Å². The van der Waals surface area contributed by atoms with Gasteiger partial charge in [-0.1, -0.05) is 12.1 Å². The lowest BCUT2D eigenvalue weighted by molar-refractivity contribution is 0.102. The van der Waals surface area contributed by atoms with Crippen molar-refractivity contribution in [2.45, 2.75) is 25.3 Å². The number of hydrogen-bond donors (Lipinski definition) is 3. The zero-order valence-corrected chi connectivity index (χ0v) is 20.1. The minimum Gasteiger partial charge on any atom is -0.507 e. The molecule has 38 heavy (non-hydrogen) atoms. The lowest BCUT2D eigenvalue weighted by Crippen LogP contribution is -2.30. The third-order valence-corrected chi connectivity index (χ3v) is 6.45. The number of nitrogens with zero attached hydrogens (tertiary/aromatic N) is 2. The van der Waals surface area contributed by atoms with Crippen LogP contribution in [0.3, 0.4) is 0 Å². The van der Waals surface area contributed by atoms with Gasteiger partial charge in [-0.15, -0.1) is 0 Å². The average Bonchev–Trinajstić information content (AvgIpc) is 3.49. The maximum Gasteiger partial charge on any atom is 0.342 e. The van der Waals surface area contributed by atoms with E-state index in [1.165, 1.54) is 22.9 Å². The van der Waals surface area contributed by atoms with Crippen molar-refractivity contribution in [1.29, 1.82) is 0 Å². The smallest absolute Gasteiger partial charge is 0.342 e. The molecule has 0 atom stereocenters. The van der Waals surface area contributed by atoms with Crippen molar-refractivity contribution >= 4 is 17.6 Å². The molecule has 0 radical (unpaired) electrons. The molecule has 6 rings (SSSR count). The van der Waals surface area contributed by atoms with Crippen LogP contribution in [0, 0.1) is 5.82 Å². The number of benzene rings is 3. The van der Waals surface area contributed by atoms with Gasteiger partial charge < -0.3 is 25.2 Å². The summed E-state index contributed by atoms with van der Waals surface area (Å²) in [6.07, 6.45) is 1.88. The Bertz CT molecular complexity index is 1550. The molecule has 1 fully saturated rings. The Balaban J connectivity index is 1.23. The molecule has 0 saturated heterocycles. The number of aromatic hydroxyl groups is 1. The Labute approximate surface area is 216 Å². The van der Waals surface area contributed by atoms with Gasteiger partial charge >= 0.3 is 6.03 Å². The molecular weight excluding hydrogens is 491 g/mol. The molecule has 1 aliphatic heterocycles. The second-order valence-corrected chi connectivity index (χ2v) is 9.18. The van der Waals surface area contributed by atoms with Crippen LogP contribution in [0.2, 0.25) is 0 Å². The van der Waals surface area contributed by atoms with E-state index in [9.17, 15) is 19.1 Å². The minimum absolute atomic E-state index is 0.0372. The number of phenols is 1. The van der Waals surface area contributed by atoms with Gasteiger partial charge in [0, 0.05) is 29.3 Å². The molecule has 3 N–H and O–H groups in total. The predicted molar refractivity (Wildman–Crippen MR) is 136 cm³/mol. The number of aromatic nitrogens is 2. The first-order valence-electron chi connectivity index (χ1n) is 12.1. The SMILES string of the molecule is O=C(Nc1ccc(O)c(-c2cc(C3CC3)n(C(=O)NCc3ccc(F)cc3)n2)c1)c1ccc2c(c1)OCO2. The van der Waals surface area contributed by atoms with E-state index in [4.69, 9.17) is 9.47 Å². The first kappa shape index (κ1) is 23.5. The molecule has 0 spiro atoms. The minimum atomic E-state index is -0.422. The molecule has 10 heteroatoms. The highest BCUT2D eigenvalue weighted by atomic mass is 19.1. The fraction of sp³-hybridized carbons (Fsp3) is 0.179. The lowest BCUT2D eigenvalue weighted by Gasteiger charge is -2.09. The van der Waals surface area contributed by atoms with Crippen molar-refractivity contribution in [3.63, 3.8) is 0 Å². The van der Waals surface area contributed by atoms with E-state index in [-0.39, 0.29) is 36.7 Å². The zero-order chi connectivity index (χ0) is 26.2. The van der Waals surface area contributed by atoms with Gasteiger partial charge in [-0.3, -0.25) is 4.79 Å². The summed E-state index contributed by atoms with van der Waals surface area (Å²) in [5.74, 6) is 0.539. The summed E-state index contributed by atoms with van der Waals surface area (Å²) in [7, 11) is 0. The first-order chi connectivity index (χ1) is 18.4. The number of carbonyl (C=O) groups excluding carboxylic acids is 2. The van der Waals surface area contributed by atoms with E-state index in [2.05, 4.69) is 15.7 Å². The second kappa shape index (κ2) is 9.55. The quantitative estimate of drug-likeness (QED) is 0.312. The Hall–Kier alpha value is -4.86. The van der Waals surface area contributed by atoms with E-state index in [1.807, 2.05) is 0 Å². The molecule has 1 aliphatic carbocycles. The zero-order valence-electron chi connectivity index (χ0n) is 20.1. The number of carbonyl (C=O) groups is 2. The highest BCUT2D eigenvalue weighted by Crippen LogP contribution is 2.42. The van der Waals surface area contributed by atoms with Crippen molar-refractivity contribution < 1.29 is 28.6 Å². The van der Waals surface area contributed by atoms with Crippen LogP contribution in [0.1, 0.15) is 40.4 Å². The third kappa shape index (κ3) is 4.75. The monoisotopic (exact) mass is 514 g/mol. The van der Waals surface area contributed by atoms with Crippen LogP contribution in [0.25, 0.3) is 11.3 Å². The maximum atomic E-state index is 13.2. The first-order valence-corrected chi connectivity index (χ1v) is 12.1. The molecule has 0 bridgehead atoms. The topological polar surface area (TPSA) is 115 Å². The number of anilines is 1. The van der Waals surface area contributed by atoms with Crippen LogP contribution in [-0.2, 0) is 6.54 Å². The van der Waals surface area contributed by atoms with Gasteiger partial charge in [-0.2, -0.15) is 9.78 Å².